The van der Waals surface area contributed by atoms with E-state index >= 15 is 0 Å². The summed E-state index contributed by atoms with van der Waals surface area (Å²) in [4.78, 5) is 12.0. The van der Waals surface area contributed by atoms with Gasteiger partial charge in [0.15, 0.2) is 0 Å². The molecular formula is C14H10BrF2NO2. The Labute approximate surface area is 122 Å². The highest BCUT2D eigenvalue weighted by atomic mass is 79.9. The molecule has 0 heterocycles. The number of carbonyl (C=O) groups is 1. The summed E-state index contributed by atoms with van der Waals surface area (Å²) >= 11 is 2.92. The first-order valence-corrected chi connectivity index (χ1v) is 6.43. The van der Waals surface area contributed by atoms with Gasteiger partial charge in [0.25, 0.3) is 5.91 Å². The van der Waals surface area contributed by atoms with Crippen molar-refractivity contribution >= 4 is 27.5 Å². The second kappa shape index (κ2) is 5.58. The maximum Gasteiger partial charge on any atom is 0.256 e. The number of hydrogen-bond acceptors (Lipinski definition) is 2. The molecule has 2 aromatic carbocycles. The highest BCUT2D eigenvalue weighted by Gasteiger charge is 2.14. The minimum absolute atomic E-state index is 0.0368. The van der Waals surface area contributed by atoms with Gasteiger partial charge in [0, 0.05) is 11.6 Å². The number of carbonyl (C=O) groups excluding carboxylic acids is 1. The van der Waals surface area contributed by atoms with E-state index < -0.39 is 17.5 Å². The second-order valence-electron chi connectivity index (χ2n) is 4.20. The van der Waals surface area contributed by atoms with Crippen LogP contribution in [0, 0.1) is 18.6 Å². The summed E-state index contributed by atoms with van der Waals surface area (Å²) in [7, 11) is 0. The summed E-state index contributed by atoms with van der Waals surface area (Å²) in [6, 6.07) is 6.04. The van der Waals surface area contributed by atoms with Crippen molar-refractivity contribution in [3.8, 4) is 5.75 Å². The lowest BCUT2D eigenvalue weighted by Gasteiger charge is -2.09. The molecule has 0 aliphatic heterocycles. The van der Waals surface area contributed by atoms with E-state index in [1.807, 2.05) is 0 Å². The van der Waals surface area contributed by atoms with Crippen LogP contribution in [0.25, 0.3) is 0 Å². The Morgan fingerprint density at radius 2 is 1.90 bits per heavy atom. The monoisotopic (exact) mass is 341 g/mol. The summed E-state index contributed by atoms with van der Waals surface area (Å²) in [5.74, 6) is -2.12. The summed E-state index contributed by atoms with van der Waals surface area (Å²) in [6.07, 6.45) is 0. The third-order valence-corrected chi connectivity index (χ3v) is 3.32. The van der Waals surface area contributed by atoms with Gasteiger partial charge in [-0.05, 0) is 52.7 Å². The van der Waals surface area contributed by atoms with Crippen molar-refractivity contribution in [1.29, 1.82) is 0 Å². The summed E-state index contributed by atoms with van der Waals surface area (Å²) in [6.45, 7) is 1.64. The molecule has 3 nitrogen and oxygen atoms in total. The van der Waals surface area contributed by atoms with E-state index in [0.717, 1.165) is 6.07 Å². The standard InChI is InChI=1S/C14H10BrF2NO2/c1-7-4-8(19)2-3-9(7)14(20)18-13-5-10(15)11(16)6-12(13)17/h2-6,19H,1H3,(H,18,20). The van der Waals surface area contributed by atoms with Gasteiger partial charge in [0.2, 0.25) is 0 Å². The summed E-state index contributed by atoms with van der Waals surface area (Å²) < 4.78 is 26.7. The average Bonchev–Trinajstić information content (AvgIpc) is 2.35. The van der Waals surface area contributed by atoms with E-state index in [1.54, 1.807) is 6.92 Å². The molecule has 2 N–H and O–H groups in total. The molecular weight excluding hydrogens is 332 g/mol. The first-order valence-electron chi connectivity index (χ1n) is 5.64. The number of aryl methyl sites for hydroxylation is 1. The van der Waals surface area contributed by atoms with Crippen LogP contribution in [0.5, 0.6) is 5.75 Å². The molecule has 104 valence electrons. The number of amides is 1. The Bertz CT molecular complexity index is 689. The van der Waals surface area contributed by atoms with Crippen molar-refractivity contribution in [3.05, 3.63) is 57.6 Å². The van der Waals surface area contributed by atoms with Crippen molar-refractivity contribution in [3.63, 3.8) is 0 Å². The van der Waals surface area contributed by atoms with Crippen LogP contribution in [0.2, 0.25) is 0 Å². The summed E-state index contributed by atoms with van der Waals surface area (Å²) in [5.41, 5.74) is 0.711. The van der Waals surface area contributed by atoms with Crippen LogP contribution >= 0.6 is 15.9 Å². The quantitative estimate of drug-likeness (QED) is 0.811. The SMILES string of the molecule is Cc1cc(O)ccc1C(=O)Nc1cc(Br)c(F)cc1F. The van der Waals surface area contributed by atoms with Gasteiger partial charge in [-0.25, -0.2) is 8.78 Å². The summed E-state index contributed by atoms with van der Waals surface area (Å²) in [5, 5.41) is 11.6. The van der Waals surface area contributed by atoms with Crippen molar-refractivity contribution in [2.45, 2.75) is 6.92 Å². The fourth-order valence-corrected chi connectivity index (χ4v) is 2.05. The predicted octanol–water partition coefficient (Wildman–Crippen LogP) is 3.99. The molecule has 0 unspecified atom stereocenters. The first kappa shape index (κ1) is 14.5. The Hall–Kier alpha value is -1.95. The zero-order valence-electron chi connectivity index (χ0n) is 10.4. The Morgan fingerprint density at radius 3 is 2.55 bits per heavy atom. The lowest BCUT2D eigenvalue weighted by molar-refractivity contribution is 0.102. The van der Waals surface area contributed by atoms with Gasteiger partial charge in [-0.2, -0.15) is 0 Å². The number of benzene rings is 2. The van der Waals surface area contributed by atoms with Crippen LogP contribution in [0.3, 0.4) is 0 Å². The molecule has 0 aliphatic carbocycles. The zero-order valence-corrected chi connectivity index (χ0v) is 12.0. The van der Waals surface area contributed by atoms with Gasteiger partial charge in [-0.1, -0.05) is 0 Å². The molecule has 1 amide bonds. The van der Waals surface area contributed by atoms with Crippen LogP contribution < -0.4 is 5.32 Å². The number of hydrogen-bond donors (Lipinski definition) is 2. The molecule has 20 heavy (non-hydrogen) atoms. The molecule has 6 heteroatoms. The van der Waals surface area contributed by atoms with Gasteiger partial charge in [0.05, 0.1) is 10.2 Å². The van der Waals surface area contributed by atoms with E-state index in [9.17, 15) is 18.7 Å². The Kier molecular flexibility index (Phi) is 4.04. The number of aromatic hydroxyl groups is 1. The van der Waals surface area contributed by atoms with Gasteiger partial charge in [-0.15, -0.1) is 0 Å². The van der Waals surface area contributed by atoms with E-state index in [0.29, 0.717) is 17.2 Å². The van der Waals surface area contributed by atoms with Crippen LogP contribution in [-0.4, -0.2) is 11.0 Å². The number of nitrogens with one attached hydrogen (secondary N) is 1. The average molecular weight is 342 g/mol. The zero-order chi connectivity index (χ0) is 14.9. The van der Waals surface area contributed by atoms with Crippen LogP contribution in [0.1, 0.15) is 15.9 Å². The maximum atomic E-state index is 13.6. The molecule has 0 fully saturated rings. The lowest BCUT2D eigenvalue weighted by atomic mass is 10.1. The van der Waals surface area contributed by atoms with Crippen LogP contribution in [0.4, 0.5) is 14.5 Å². The molecule has 0 saturated carbocycles. The van der Waals surface area contributed by atoms with E-state index in [1.165, 1.54) is 18.2 Å². The first-order chi connectivity index (χ1) is 9.38. The molecule has 0 bridgehead atoms. The molecule has 2 aromatic rings. The van der Waals surface area contributed by atoms with Gasteiger partial charge >= 0.3 is 0 Å². The third kappa shape index (κ3) is 2.96. The number of phenols is 1. The molecule has 0 aliphatic rings. The Balaban J connectivity index is 2.30. The van der Waals surface area contributed by atoms with E-state index in [2.05, 4.69) is 21.2 Å². The third-order valence-electron chi connectivity index (χ3n) is 2.71. The van der Waals surface area contributed by atoms with Gasteiger partial charge < -0.3 is 10.4 Å². The van der Waals surface area contributed by atoms with E-state index in [4.69, 9.17) is 0 Å². The van der Waals surface area contributed by atoms with Crippen molar-refractivity contribution in [1.82, 2.24) is 0 Å². The Morgan fingerprint density at radius 1 is 1.20 bits per heavy atom. The fraction of sp³-hybridized carbons (Fsp3) is 0.0714. The molecule has 0 radical (unpaired) electrons. The smallest absolute Gasteiger partial charge is 0.256 e. The lowest BCUT2D eigenvalue weighted by Crippen LogP contribution is -2.14. The highest BCUT2D eigenvalue weighted by molar-refractivity contribution is 9.10. The predicted molar refractivity (Wildman–Crippen MR) is 74.9 cm³/mol. The van der Waals surface area contributed by atoms with Gasteiger partial charge in [-0.3, -0.25) is 4.79 Å². The number of phenolic OH excluding ortho intramolecular Hbond substituents is 1. The minimum Gasteiger partial charge on any atom is -0.508 e. The normalized spacial score (nSPS) is 10.4. The number of anilines is 1. The highest BCUT2D eigenvalue weighted by Crippen LogP contribution is 2.25. The maximum absolute atomic E-state index is 13.6. The van der Waals surface area contributed by atoms with Crippen LogP contribution in [0.15, 0.2) is 34.8 Å². The van der Waals surface area contributed by atoms with E-state index in [-0.39, 0.29) is 15.9 Å². The number of rotatable bonds is 2. The van der Waals surface area contributed by atoms with Gasteiger partial charge in [0.1, 0.15) is 17.4 Å². The molecule has 2 rings (SSSR count). The van der Waals surface area contributed by atoms with Crippen molar-refractivity contribution in [2.75, 3.05) is 5.32 Å². The second-order valence-corrected chi connectivity index (χ2v) is 5.05. The van der Waals surface area contributed by atoms with Crippen LogP contribution in [-0.2, 0) is 0 Å². The fourth-order valence-electron chi connectivity index (χ4n) is 1.71. The topological polar surface area (TPSA) is 49.3 Å². The molecule has 0 aromatic heterocycles. The van der Waals surface area contributed by atoms with Crippen molar-refractivity contribution < 1.29 is 18.7 Å². The largest absolute Gasteiger partial charge is 0.508 e. The molecule has 0 spiro atoms. The molecule has 0 atom stereocenters. The number of halogens is 3. The minimum atomic E-state index is -0.865. The van der Waals surface area contributed by atoms with Crippen molar-refractivity contribution in [2.24, 2.45) is 0 Å². The molecule has 0 saturated heterocycles.